The van der Waals surface area contributed by atoms with Crippen LogP contribution in [0, 0.1) is 10.8 Å². The van der Waals surface area contributed by atoms with Crippen LogP contribution < -0.4 is 0 Å². The van der Waals surface area contributed by atoms with Gasteiger partial charge >= 0.3 is 11.9 Å². The van der Waals surface area contributed by atoms with Crippen molar-refractivity contribution < 1.29 is 29.3 Å². The molecule has 0 bridgehead atoms. The summed E-state index contributed by atoms with van der Waals surface area (Å²) in [6, 6.07) is 5.93. The van der Waals surface area contributed by atoms with Gasteiger partial charge in [0.2, 0.25) is 0 Å². The van der Waals surface area contributed by atoms with Crippen LogP contribution in [-0.2, 0) is 9.47 Å². The second kappa shape index (κ2) is 6.53. The number of carbonyl (C=O) groups excluding carboxylic acids is 2. The topological polar surface area (TPSA) is 93.1 Å². The Kier molecular flexibility index (Phi) is 5.01. The maximum atomic E-state index is 12.3. The van der Waals surface area contributed by atoms with Crippen LogP contribution >= 0.6 is 0 Å². The average molecular weight is 336 g/mol. The van der Waals surface area contributed by atoms with Gasteiger partial charge in [-0.2, -0.15) is 0 Å². The molecule has 1 aliphatic carbocycles. The molecule has 1 fully saturated rings. The van der Waals surface area contributed by atoms with Gasteiger partial charge < -0.3 is 19.7 Å². The molecule has 1 aromatic carbocycles. The number of carbonyl (C=O) groups is 2. The van der Waals surface area contributed by atoms with Gasteiger partial charge in [0.25, 0.3) is 0 Å². The summed E-state index contributed by atoms with van der Waals surface area (Å²) in [7, 11) is 0. The average Bonchev–Trinajstić information content (AvgIpc) is 2.56. The van der Waals surface area contributed by atoms with E-state index in [4.69, 9.17) is 14.6 Å². The lowest BCUT2D eigenvalue weighted by Gasteiger charge is -2.60. The molecule has 0 radical (unpaired) electrons. The van der Waals surface area contributed by atoms with Gasteiger partial charge in [-0.25, -0.2) is 9.59 Å². The minimum atomic E-state index is -0.562. The van der Waals surface area contributed by atoms with Crippen molar-refractivity contribution >= 4 is 11.9 Å². The Hall–Kier alpha value is -1.92. The molecule has 0 heterocycles. The molecule has 0 aromatic heterocycles. The van der Waals surface area contributed by atoms with Crippen LogP contribution in [0.5, 0.6) is 0 Å². The van der Waals surface area contributed by atoms with E-state index in [2.05, 4.69) is 0 Å². The van der Waals surface area contributed by atoms with Crippen molar-refractivity contribution in [1.29, 1.82) is 0 Å². The zero-order valence-corrected chi connectivity index (χ0v) is 14.4. The third kappa shape index (κ3) is 3.16. The lowest BCUT2D eigenvalue weighted by molar-refractivity contribution is -0.246. The first-order chi connectivity index (χ1) is 11.1. The molecule has 1 aromatic rings. The van der Waals surface area contributed by atoms with Crippen molar-refractivity contribution in [3.63, 3.8) is 0 Å². The molecule has 6 heteroatoms. The molecular formula is C18H24O6. The standard InChI is InChI=1S/C18H24O6/c1-17(2)15(22)18(3,4)16(17)24-14(21)12-7-5-11(6-8-12)13(20)23-10-9-19/h5-8,15-16,19,22H,9-10H2,1-4H3. The Morgan fingerprint density at radius 1 is 1.00 bits per heavy atom. The molecule has 0 saturated heterocycles. The summed E-state index contributed by atoms with van der Waals surface area (Å²) in [5.41, 5.74) is -0.401. The summed E-state index contributed by atoms with van der Waals surface area (Å²) in [5.74, 6) is -1.06. The molecule has 2 N–H and O–H groups in total. The second-order valence-corrected chi connectivity index (χ2v) is 7.27. The number of aliphatic hydroxyl groups is 2. The number of hydrogen-bond donors (Lipinski definition) is 2. The summed E-state index contributed by atoms with van der Waals surface area (Å²) in [4.78, 5) is 24.0. The van der Waals surface area contributed by atoms with E-state index in [1.807, 2.05) is 27.7 Å². The first kappa shape index (κ1) is 18.4. The Bertz CT molecular complexity index is 601. The van der Waals surface area contributed by atoms with Crippen LogP contribution in [0.25, 0.3) is 0 Å². The zero-order chi connectivity index (χ0) is 18.1. The Morgan fingerprint density at radius 2 is 1.46 bits per heavy atom. The zero-order valence-electron chi connectivity index (χ0n) is 14.4. The fraction of sp³-hybridized carbons (Fsp3) is 0.556. The van der Waals surface area contributed by atoms with Gasteiger partial charge in [-0.3, -0.25) is 0 Å². The Labute approximate surface area is 141 Å². The van der Waals surface area contributed by atoms with Crippen LogP contribution in [-0.4, -0.2) is 47.6 Å². The van der Waals surface area contributed by atoms with Gasteiger partial charge in [-0.1, -0.05) is 27.7 Å². The molecule has 24 heavy (non-hydrogen) atoms. The molecule has 0 unspecified atom stereocenters. The van der Waals surface area contributed by atoms with Crippen molar-refractivity contribution in [2.24, 2.45) is 10.8 Å². The van der Waals surface area contributed by atoms with Crippen molar-refractivity contribution in [3.8, 4) is 0 Å². The molecule has 0 atom stereocenters. The highest BCUT2D eigenvalue weighted by Gasteiger charge is 2.63. The van der Waals surface area contributed by atoms with Crippen molar-refractivity contribution in [2.75, 3.05) is 13.2 Å². The third-order valence-corrected chi connectivity index (χ3v) is 4.67. The fourth-order valence-corrected chi connectivity index (χ4v) is 3.55. The highest BCUT2D eigenvalue weighted by Crippen LogP contribution is 2.55. The molecule has 0 amide bonds. The van der Waals surface area contributed by atoms with E-state index in [-0.39, 0.29) is 13.2 Å². The maximum Gasteiger partial charge on any atom is 0.338 e. The van der Waals surface area contributed by atoms with Crippen LogP contribution in [0.4, 0.5) is 0 Å². The van der Waals surface area contributed by atoms with E-state index in [1.165, 1.54) is 24.3 Å². The van der Waals surface area contributed by atoms with Crippen LogP contribution in [0.1, 0.15) is 48.4 Å². The molecule has 0 spiro atoms. The number of hydrogen-bond acceptors (Lipinski definition) is 6. The van der Waals surface area contributed by atoms with E-state index in [0.29, 0.717) is 11.1 Å². The fourth-order valence-electron chi connectivity index (χ4n) is 3.55. The summed E-state index contributed by atoms with van der Waals surface area (Å²) >= 11 is 0. The molecule has 2 rings (SSSR count). The highest BCUT2D eigenvalue weighted by atomic mass is 16.6. The van der Waals surface area contributed by atoms with E-state index < -0.39 is 35.0 Å². The lowest BCUT2D eigenvalue weighted by atomic mass is 9.51. The first-order valence-electron chi connectivity index (χ1n) is 7.89. The third-order valence-electron chi connectivity index (χ3n) is 4.67. The van der Waals surface area contributed by atoms with Crippen LogP contribution in [0.15, 0.2) is 24.3 Å². The normalized spacial score (nSPS) is 23.9. The monoisotopic (exact) mass is 336 g/mol. The molecule has 1 aliphatic rings. The minimum absolute atomic E-state index is 0.0726. The number of esters is 2. The smallest absolute Gasteiger partial charge is 0.338 e. The Morgan fingerprint density at radius 3 is 1.92 bits per heavy atom. The van der Waals surface area contributed by atoms with Gasteiger partial charge in [0.15, 0.2) is 0 Å². The number of aliphatic hydroxyl groups excluding tert-OH is 2. The maximum absolute atomic E-state index is 12.3. The van der Waals surface area contributed by atoms with E-state index in [9.17, 15) is 14.7 Å². The second-order valence-electron chi connectivity index (χ2n) is 7.27. The van der Waals surface area contributed by atoms with E-state index >= 15 is 0 Å². The van der Waals surface area contributed by atoms with Gasteiger partial charge in [-0.05, 0) is 24.3 Å². The lowest BCUT2D eigenvalue weighted by Crippen LogP contribution is -2.68. The summed E-state index contributed by atoms with van der Waals surface area (Å²) in [6.07, 6.45) is -0.951. The molecule has 1 saturated carbocycles. The van der Waals surface area contributed by atoms with Gasteiger partial charge in [-0.15, -0.1) is 0 Å². The summed E-state index contributed by atoms with van der Waals surface area (Å²) < 4.78 is 10.4. The molecule has 0 aliphatic heterocycles. The molecule has 6 nitrogen and oxygen atoms in total. The van der Waals surface area contributed by atoms with Crippen LogP contribution in [0.2, 0.25) is 0 Å². The highest BCUT2D eigenvalue weighted by molar-refractivity contribution is 5.93. The Balaban J connectivity index is 2.05. The van der Waals surface area contributed by atoms with Crippen molar-refractivity contribution in [1.82, 2.24) is 0 Å². The summed E-state index contributed by atoms with van der Waals surface area (Å²) in [6.45, 7) is 7.14. The van der Waals surface area contributed by atoms with Crippen molar-refractivity contribution in [3.05, 3.63) is 35.4 Å². The van der Waals surface area contributed by atoms with Gasteiger partial charge in [0, 0.05) is 10.8 Å². The molecule has 132 valence electrons. The van der Waals surface area contributed by atoms with E-state index in [1.54, 1.807) is 0 Å². The minimum Gasteiger partial charge on any atom is -0.460 e. The number of benzene rings is 1. The predicted molar refractivity (Wildman–Crippen MR) is 86.6 cm³/mol. The van der Waals surface area contributed by atoms with E-state index in [0.717, 1.165) is 0 Å². The first-order valence-corrected chi connectivity index (χ1v) is 7.89. The SMILES string of the molecule is CC1(C)C(O)C(C)(C)C1OC(=O)c1ccc(C(=O)OCCO)cc1. The van der Waals surface area contributed by atoms with Gasteiger partial charge in [0.1, 0.15) is 12.7 Å². The largest absolute Gasteiger partial charge is 0.460 e. The number of rotatable bonds is 5. The summed E-state index contributed by atoms with van der Waals surface area (Å²) in [5, 5.41) is 18.8. The quantitative estimate of drug-likeness (QED) is 0.796. The van der Waals surface area contributed by atoms with Gasteiger partial charge in [0.05, 0.1) is 23.8 Å². The predicted octanol–water partition coefficient (Wildman–Crippen LogP) is 1.79. The number of ether oxygens (including phenoxy) is 2. The van der Waals surface area contributed by atoms with Crippen molar-refractivity contribution in [2.45, 2.75) is 39.9 Å². The molecular weight excluding hydrogens is 312 g/mol. The van der Waals surface area contributed by atoms with Crippen LogP contribution in [0.3, 0.4) is 0 Å².